The molecule has 4 aliphatic rings. The number of phenolic OH excluding ortho intramolecular Hbond substituents is 1. The third-order valence-electron chi connectivity index (χ3n) is 9.64. The molecule has 6 rings (SSSR count). The lowest BCUT2D eigenvalue weighted by atomic mass is 9.57. The Morgan fingerprint density at radius 3 is 2.00 bits per heavy atom. The van der Waals surface area contributed by atoms with E-state index in [1.54, 1.807) is 18.2 Å². The van der Waals surface area contributed by atoms with Crippen LogP contribution in [0.4, 0.5) is 0 Å². The molecule has 0 aromatic heterocycles. The number of carboxylic acid groups (broad SMARTS) is 2. The summed E-state index contributed by atoms with van der Waals surface area (Å²) in [5.41, 5.74) is 1.21. The number of benzene rings is 2. The summed E-state index contributed by atoms with van der Waals surface area (Å²) in [6.07, 6.45) is 2.17. The molecule has 224 valence electrons. The average molecular weight is 589 g/mol. The molecule has 2 aromatic rings. The fraction of sp³-hybridized carbons (Fsp3) is 0.438. The minimum absolute atomic E-state index is 0.00522. The van der Waals surface area contributed by atoms with Crippen LogP contribution in [0.3, 0.4) is 0 Å². The summed E-state index contributed by atoms with van der Waals surface area (Å²) in [6, 6.07) is 10.8. The standard InChI is InChI=1S/C32H32N2O9/c35-23(36)7-3-13-33-29(40)20-12-11-18-21(26(20)31(33)42)15-22-27(32(43)34(30(22)41)14-4-8-24(37)38)25(18)19-10-9-16-5-1-2-6-17(16)28(19)39/h1-2,5-6,9-11,20-22,25-27,39H,3-4,7-8,12-15H2,(H,35,36)(H,37,38). The van der Waals surface area contributed by atoms with E-state index in [9.17, 15) is 33.9 Å². The van der Waals surface area contributed by atoms with Gasteiger partial charge < -0.3 is 15.3 Å². The highest BCUT2D eigenvalue weighted by molar-refractivity contribution is 6.08. The van der Waals surface area contributed by atoms with Crippen molar-refractivity contribution in [3.05, 3.63) is 53.6 Å². The molecule has 3 N–H and O–H groups in total. The first-order valence-electron chi connectivity index (χ1n) is 14.6. The van der Waals surface area contributed by atoms with Crippen LogP contribution in [-0.2, 0) is 28.8 Å². The van der Waals surface area contributed by atoms with E-state index in [4.69, 9.17) is 10.2 Å². The Morgan fingerprint density at radius 2 is 1.35 bits per heavy atom. The molecule has 2 saturated heterocycles. The minimum Gasteiger partial charge on any atom is -0.507 e. The van der Waals surface area contributed by atoms with Crippen LogP contribution in [0.1, 0.15) is 50.0 Å². The fourth-order valence-corrected chi connectivity index (χ4v) is 7.81. The van der Waals surface area contributed by atoms with Gasteiger partial charge in [0.05, 0.1) is 23.7 Å². The van der Waals surface area contributed by atoms with E-state index in [0.717, 1.165) is 20.8 Å². The van der Waals surface area contributed by atoms with Crippen molar-refractivity contribution in [1.29, 1.82) is 0 Å². The quantitative estimate of drug-likeness (QED) is 0.294. The van der Waals surface area contributed by atoms with Gasteiger partial charge in [-0.3, -0.25) is 38.6 Å². The van der Waals surface area contributed by atoms with Crippen molar-refractivity contribution < 1.29 is 44.1 Å². The number of aliphatic carboxylic acids is 2. The predicted molar refractivity (Wildman–Crippen MR) is 150 cm³/mol. The molecule has 11 nitrogen and oxygen atoms in total. The molecule has 11 heteroatoms. The Labute approximate surface area is 246 Å². The van der Waals surface area contributed by atoms with Gasteiger partial charge in [0, 0.05) is 42.8 Å². The van der Waals surface area contributed by atoms with Crippen LogP contribution in [-0.4, -0.2) is 73.8 Å². The number of rotatable bonds is 9. The molecule has 3 fully saturated rings. The maximum atomic E-state index is 13.9. The number of imide groups is 2. The van der Waals surface area contributed by atoms with Gasteiger partial charge >= 0.3 is 11.9 Å². The van der Waals surface area contributed by atoms with Crippen LogP contribution in [0.15, 0.2) is 48.0 Å². The molecule has 1 saturated carbocycles. The summed E-state index contributed by atoms with van der Waals surface area (Å²) in [5.74, 6) is -7.99. The number of fused-ring (bicyclic) bond motifs is 5. The molecule has 6 unspecified atom stereocenters. The summed E-state index contributed by atoms with van der Waals surface area (Å²) in [6.45, 7) is -0.0489. The Morgan fingerprint density at radius 1 is 0.744 bits per heavy atom. The lowest BCUT2D eigenvalue weighted by Crippen LogP contribution is -2.43. The van der Waals surface area contributed by atoms with Crippen LogP contribution >= 0.6 is 0 Å². The number of hydrogen-bond acceptors (Lipinski definition) is 7. The summed E-state index contributed by atoms with van der Waals surface area (Å²) in [7, 11) is 0. The van der Waals surface area contributed by atoms with Gasteiger partial charge in [-0.15, -0.1) is 0 Å². The zero-order valence-electron chi connectivity index (χ0n) is 23.3. The SMILES string of the molecule is O=C(O)CCCN1C(=O)C2CC=C3C(CC4C(=O)N(CCCC(=O)O)C(=O)C4C3c3ccc4ccccc4c3O)C2C1=O. The summed E-state index contributed by atoms with van der Waals surface area (Å²) in [5, 5.41) is 31.0. The number of nitrogens with zero attached hydrogens (tertiary/aromatic N) is 2. The third kappa shape index (κ3) is 4.67. The van der Waals surface area contributed by atoms with Gasteiger partial charge in [0.2, 0.25) is 23.6 Å². The average Bonchev–Trinajstić information content (AvgIpc) is 3.36. The molecule has 2 heterocycles. The normalized spacial score (nSPS) is 28.1. The molecule has 4 amide bonds. The number of likely N-dealkylation sites (tertiary alicyclic amines) is 2. The number of aromatic hydroxyl groups is 1. The number of hydrogen-bond donors (Lipinski definition) is 3. The van der Waals surface area contributed by atoms with E-state index in [2.05, 4.69) is 0 Å². The lowest BCUT2D eigenvalue weighted by molar-refractivity contribution is -0.143. The second-order valence-corrected chi connectivity index (χ2v) is 11.9. The molecule has 0 spiro atoms. The second kappa shape index (κ2) is 10.9. The number of amides is 4. The zero-order chi connectivity index (χ0) is 30.6. The van der Waals surface area contributed by atoms with Gasteiger partial charge in [-0.05, 0) is 37.0 Å². The molecule has 43 heavy (non-hydrogen) atoms. The largest absolute Gasteiger partial charge is 0.507 e. The van der Waals surface area contributed by atoms with Crippen molar-refractivity contribution in [2.75, 3.05) is 13.1 Å². The van der Waals surface area contributed by atoms with Crippen molar-refractivity contribution >= 4 is 46.3 Å². The Balaban J connectivity index is 1.41. The van der Waals surface area contributed by atoms with Crippen molar-refractivity contribution in [3.63, 3.8) is 0 Å². The highest BCUT2D eigenvalue weighted by atomic mass is 16.4. The smallest absolute Gasteiger partial charge is 0.303 e. The molecule has 0 radical (unpaired) electrons. The highest BCUT2D eigenvalue weighted by Gasteiger charge is 2.62. The van der Waals surface area contributed by atoms with Crippen LogP contribution in [0.2, 0.25) is 0 Å². The first-order valence-corrected chi connectivity index (χ1v) is 14.6. The number of phenols is 1. The summed E-state index contributed by atoms with van der Waals surface area (Å²) in [4.78, 5) is 79.1. The van der Waals surface area contributed by atoms with Gasteiger partial charge in [-0.1, -0.05) is 48.0 Å². The van der Waals surface area contributed by atoms with Crippen molar-refractivity contribution in [3.8, 4) is 5.75 Å². The number of carboxylic acids is 2. The molecule has 2 aliphatic carbocycles. The summed E-state index contributed by atoms with van der Waals surface area (Å²) >= 11 is 0. The van der Waals surface area contributed by atoms with Gasteiger partial charge in [-0.25, -0.2) is 0 Å². The number of carbonyl (C=O) groups excluding carboxylic acids is 4. The molecule has 2 aromatic carbocycles. The first kappa shape index (κ1) is 28.6. The van der Waals surface area contributed by atoms with Crippen LogP contribution in [0.25, 0.3) is 10.8 Å². The van der Waals surface area contributed by atoms with Crippen LogP contribution in [0.5, 0.6) is 5.75 Å². The van der Waals surface area contributed by atoms with Gasteiger partial charge in [-0.2, -0.15) is 0 Å². The van der Waals surface area contributed by atoms with E-state index in [1.807, 2.05) is 24.3 Å². The highest BCUT2D eigenvalue weighted by Crippen LogP contribution is 2.59. The van der Waals surface area contributed by atoms with Crippen molar-refractivity contribution in [1.82, 2.24) is 9.80 Å². The molecular formula is C32H32N2O9. The van der Waals surface area contributed by atoms with E-state index in [1.165, 1.54) is 0 Å². The van der Waals surface area contributed by atoms with Gasteiger partial charge in [0.15, 0.2) is 0 Å². The Bertz CT molecular complexity index is 1600. The van der Waals surface area contributed by atoms with Crippen LogP contribution in [0, 0.1) is 29.6 Å². The van der Waals surface area contributed by atoms with Crippen molar-refractivity contribution in [2.45, 2.75) is 44.4 Å². The Hall–Kier alpha value is -4.54. The third-order valence-corrected chi connectivity index (χ3v) is 9.64. The summed E-state index contributed by atoms with van der Waals surface area (Å²) < 4.78 is 0. The van der Waals surface area contributed by atoms with Gasteiger partial charge in [0.1, 0.15) is 5.75 Å². The Kier molecular flexibility index (Phi) is 7.27. The number of carbonyl (C=O) groups is 6. The van der Waals surface area contributed by atoms with Gasteiger partial charge in [0.25, 0.3) is 0 Å². The fourth-order valence-electron chi connectivity index (χ4n) is 7.81. The molecule has 2 aliphatic heterocycles. The second-order valence-electron chi connectivity index (χ2n) is 11.9. The number of allylic oxidation sites excluding steroid dienone is 2. The first-order chi connectivity index (χ1) is 20.6. The van der Waals surface area contributed by atoms with E-state index >= 15 is 0 Å². The topological polar surface area (TPSA) is 170 Å². The maximum absolute atomic E-state index is 13.9. The maximum Gasteiger partial charge on any atom is 0.303 e. The van der Waals surface area contributed by atoms with E-state index in [0.29, 0.717) is 10.9 Å². The molecule has 0 bridgehead atoms. The van der Waals surface area contributed by atoms with E-state index in [-0.39, 0.29) is 63.3 Å². The van der Waals surface area contributed by atoms with Crippen LogP contribution < -0.4 is 0 Å². The minimum atomic E-state index is -1.03. The zero-order valence-corrected chi connectivity index (χ0v) is 23.3. The lowest BCUT2D eigenvalue weighted by Gasteiger charge is -2.44. The molecular weight excluding hydrogens is 556 g/mol. The van der Waals surface area contributed by atoms with E-state index < -0.39 is 65.2 Å². The monoisotopic (exact) mass is 588 g/mol. The predicted octanol–water partition coefficient (Wildman–Crippen LogP) is 2.91. The van der Waals surface area contributed by atoms with Crippen molar-refractivity contribution in [2.24, 2.45) is 29.6 Å². The molecule has 6 atom stereocenters.